The number of carboxylic acid groups (broad SMARTS) is 1. The molecule has 1 aliphatic carbocycles. The molecule has 1 rings (SSSR count). The van der Waals surface area contributed by atoms with Gasteiger partial charge in [-0.05, 0) is 24.7 Å². The fourth-order valence-electron chi connectivity index (χ4n) is 2.93. The van der Waals surface area contributed by atoms with Gasteiger partial charge < -0.3 is 10.4 Å². The molecule has 1 amide bonds. The summed E-state index contributed by atoms with van der Waals surface area (Å²) in [7, 11) is 0. The van der Waals surface area contributed by atoms with E-state index in [9.17, 15) is 14.7 Å². The van der Waals surface area contributed by atoms with Crippen LogP contribution >= 0.6 is 0 Å². The second kappa shape index (κ2) is 7.09. The van der Waals surface area contributed by atoms with Crippen molar-refractivity contribution in [2.45, 2.75) is 59.8 Å². The number of hydrogen-bond donors (Lipinski definition) is 2. The average Bonchev–Trinajstić information content (AvgIpc) is 2.32. The van der Waals surface area contributed by atoms with Crippen molar-refractivity contribution >= 4 is 11.9 Å². The lowest BCUT2D eigenvalue weighted by Gasteiger charge is -2.29. The van der Waals surface area contributed by atoms with E-state index in [-0.39, 0.29) is 12.5 Å². The van der Waals surface area contributed by atoms with E-state index in [4.69, 9.17) is 0 Å². The lowest BCUT2D eigenvalue weighted by atomic mass is 9.78. The Hall–Kier alpha value is -1.06. The van der Waals surface area contributed by atoms with Crippen LogP contribution in [-0.4, -0.2) is 23.5 Å². The van der Waals surface area contributed by atoms with Crippen molar-refractivity contribution in [2.75, 3.05) is 6.54 Å². The number of carbonyl (C=O) groups excluding carboxylic acids is 1. The van der Waals surface area contributed by atoms with Crippen LogP contribution < -0.4 is 5.32 Å². The van der Waals surface area contributed by atoms with Gasteiger partial charge in [0.1, 0.15) is 0 Å². The fraction of sp³-hybridized carbons (Fsp3) is 0.875. The molecule has 0 aromatic carbocycles. The van der Waals surface area contributed by atoms with Crippen LogP contribution in [0, 0.1) is 23.2 Å². The van der Waals surface area contributed by atoms with Gasteiger partial charge in [0.05, 0.1) is 5.92 Å². The molecule has 0 aliphatic heterocycles. The number of rotatable bonds is 5. The number of carboxylic acids is 1. The molecule has 20 heavy (non-hydrogen) atoms. The number of hydrogen-bond acceptors (Lipinski definition) is 2. The quantitative estimate of drug-likeness (QED) is 0.815. The van der Waals surface area contributed by atoms with Crippen molar-refractivity contribution in [1.82, 2.24) is 5.32 Å². The standard InChI is InChI=1S/C16H29NO3/c1-11-6-5-7-12(8-11)9-13(14(18)19)10-17-15(20)16(2,3)4/h11-13H,5-10H2,1-4H3,(H,17,20)(H,18,19). The van der Waals surface area contributed by atoms with Crippen LogP contribution in [0.1, 0.15) is 59.8 Å². The average molecular weight is 283 g/mol. The summed E-state index contributed by atoms with van der Waals surface area (Å²) in [5.74, 6) is -0.145. The zero-order valence-corrected chi connectivity index (χ0v) is 13.2. The number of aliphatic carboxylic acids is 1. The van der Waals surface area contributed by atoms with Gasteiger partial charge in [-0.25, -0.2) is 0 Å². The smallest absolute Gasteiger partial charge is 0.308 e. The molecular weight excluding hydrogens is 254 g/mol. The SMILES string of the molecule is CC1CCCC(CC(CNC(=O)C(C)(C)C)C(=O)O)C1. The van der Waals surface area contributed by atoms with Crippen molar-refractivity contribution in [3.05, 3.63) is 0 Å². The van der Waals surface area contributed by atoms with Crippen LogP contribution in [-0.2, 0) is 9.59 Å². The summed E-state index contributed by atoms with van der Waals surface area (Å²) in [5, 5.41) is 12.1. The lowest BCUT2D eigenvalue weighted by molar-refractivity contribution is -0.142. The fourth-order valence-corrected chi connectivity index (χ4v) is 2.93. The van der Waals surface area contributed by atoms with Gasteiger partial charge in [0.2, 0.25) is 5.91 Å². The van der Waals surface area contributed by atoms with E-state index >= 15 is 0 Å². The van der Waals surface area contributed by atoms with Gasteiger partial charge in [-0.3, -0.25) is 9.59 Å². The predicted molar refractivity (Wildman–Crippen MR) is 79.3 cm³/mol. The van der Waals surface area contributed by atoms with Crippen LogP contribution in [0.5, 0.6) is 0 Å². The summed E-state index contributed by atoms with van der Waals surface area (Å²) >= 11 is 0. The van der Waals surface area contributed by atoms with Crippen molar-refractivity contribution in [1.29, 1.82) is 0 Å². The maximum Gasteiger partial charge on any atom is 0.308 e. The third-order valence-corrected chi connectivity index (χ3v) is 4.20. The van der Waals surface area contributed by atoms with E-state index in [0.29, 0.717) is 18.3 Å². The van der Waals surface area contributed by atoms with Gasteiger partial charge in [0, 0.05) is 12.0 Å². The van der Waals surface area contributed by atoms with Crippen molar-refractivity contribution in [2.24, 2.45) is 23.2 Å². The molecule has 4 nitrogen and oxygen atoms in total. The topological polar surface area (TPSA) is 66.4 Å². The zero-order valence-electron chi connectivity index (χ0n) is 13.2. The Kier molecular flexibility index (Phi) is 6.03. The van der Waals surface area contributed by atoms with E-state index in [0.717, 1.165) is 12.8 Å². The van der Waals surface area contributed by atoms with Gasteiger partial charge in [-0.2, -0.15) is 0 Å². The maximum atomic E-state index is 11.8. The number of carbonyl (C=O) groups is 2. The first kappa shape index (κ1) is 17.0. The second-order valence-corrected chi connectivity index (χ2v) is 7.37. The van der Waals surface area contributed by atoms with Crippen LogP contribution in [0.3, 0.4) is 0 Å². The summed E-state index contributed by atoms with van der Waals surface area (Å²) < 4.78 is 0. The van der Waals surface area contributed by atoms with Crippen molar-refractivity contribution in [3.8, 4) is 0 Å². The highest BCUT2D eigenvalue weighted by molar-refractivity contribution is 5.82. The molecule has 0 bridgehead atoms. The molecule has 0 saturated heterocycles. The molecule has 0 radical (unpaired) electrons. The highest BCUT2D eigenvalue weighted by Gasteiger charge is 2.28. The molecule has 3 atom stereocenters. The normalized spacial score (nSPS) is 25.0. The Labute approximate surface area is 122 Å². The first-order valence-corrected chi connectivity index (χ1v) is 7.71. The van der Waals surface area contributed by atoms with Crippen LogP contribution in [0.25, 0.3) is 0 Å². The Balaban J connectivity index is 2.48. The second-order valence-electron chi connectivity index (χ2n) is 7.37. The lowest BCUT2D eigenvalue weighted by Crippen LogP contribution is -2.40. The first-order valence-electron chi connectivity index (χ1n) is 7.71. The molecule has 0 heterocycles. The highest BCUT2D eigenvalue weighted by Crippen LogP contribution is 2.32. The summed E-state index contributed by atoms with van der Waals surface area (Å²) in [6.45, 7) is 7.99. The summed E-state index contributed by atoms with van der Waals surface area (Å²) in [6, 6.07) is 0. The third kappa shape index (κ3) is 5.51. The molecule has 116 valence electrons. The minimum absolute atomic E-state index is 0.0826. The molecule has 4 heteroatoms. The van der Waals surface area contributed by atoms with E-state index < -0.39 is 17.3 Å². The minimum atomic E-state index is -0.794. The molecule has 0 spiro atoms. The zero-order chi connectivity index (χ0) is 15.3. The first-order chi connectivity index (χ1) is 9.20. The molecular formula is C16H29NO3. The van der Waals surface area contributed by atoms with Crippen molar-refractivity contribution in [3.63, 3.8) is 0 Å². The molecule has 1 aliphatic rings. The van der Waals surface area contributed by atoms with Crippen LogP contribution in [0.15, 0.2) is 0 Å². The predicted octanol–water partition coefficient (Wildman–Crippen LogP) is 3.07. The summed E-state index contributed by atoms with van der Waals surface area (Å²) in [6.07, 6.45) is 5.39. The summed E-state index contributed by atoms with van der Waals surface area (Å²) in [4.78, 5) is 23.2. The molecule has 1 fully saturated rings. The number of amides is 1. The Morgan fingerprint density at radius 3 is 2.45 bits per heavy atom. The van der Waals surface area contributed by atoms with Crippen LogP contribution in [0.4, 0.5) is 0 Å². The molecule has 1 saturated carbocycles. The van der Waals surface area contributed by atoms with Gasteiger partial charge in [-0.1, -0.05) is 47.0 Å². The maximum absolute atomic E-state index is 11.8. The Bertz CT molecular complexity index is 346. The van der Waals surface area contributed by atoms with E-state index in [1.165, 1.54) is 12.8 Å². The molecule has 3 unspecified atom stereocenters. The molecule has 0 aromatic heterocycles. The van der Waals surface area contributed by atoms with Gasteiger partial charge in [0.15, 0.2) is 0 Å². The molecule has 0 aromatic rings. The van der Waals surface area contributed by atoms with E-state index in [1.54, 1.807) is 0 Å². The Morgan fingerprint density at radius 2 is 1.95 bits per heavy atom. The monoisotopic (exact) mass is 283 g/mol. The van der Waals surface area contributed by atoms with Gasteiger partial charge in [0.25, 0.3) is 0 Å². The van der Waals surface area contributed by atoms with E-state index in [1.807, 2.05) is 20.8 Å². The Morgan fingerprint density at radius 1 is 1.30 bits per heavy atom. The highest BCUT2D eigenvalue weighted by atomic mass is 16.4. The summed E-state index contributed by atoms with van der Waals surface area (Å²) in [5.41, 5.74) is -0.470. The molecule has 2 N–H and O–H groups in total. The third-order valence-electron chi connectivity index (χ3n) is 4.20. The van der Waals surface area contributed by atoms with E-state index in [2.05, 4.69) is 12.2 Å². The minimum Gasteiger partial charge on any atom is -0.481 e. The van der Waals surface area contributed by atoms with Crippen molar-refractivity contribution < 1.29 is 14.7 Å². The van der Waals surface area contributed by atoms with Crippen LogP contribution in [0.2, 0.25) is 0 Å². The van der Waals surface area contributed by atoms with Gasteiger partial charge in [-0.15, -0.1) is 0 Å². The largest absolute Gasteiger partial charge is 0.481 e. The van der Waals surface area contributed by atoms with Gasteiger partial charge >= 0.3 is 5.97 Å². The number of nitrogens with one attached hydrogen (secondary N) is 1.